The van der Waals surface area contributed by atoms with E-state index in [1.807, 2.05) is 18.2 Å². The Bertz CT molecular complexity index is 322. The minimum absolute atomic E-state index is 0.173. The van der Waals surface area contributed by atoms with Gasteiger partial charge < -0.3 is 10.8 Å². The number of hydrogen-bond acceptors (Lipinski definition) is 2. The highest BCUT2D eigenvalue weighted by atomic mass is 16.3. The second kappa shape index (κ2) is 6.02. The molecular weight excluding hydrogens is 198 g/mol. The largest absolute Gasteiger partial charge is 0.387 e. The first-order chi connectivity index (χ1) is 7.56. The molecule has 0 radical (unpaired) electrons. The quantitative estimate of drug-likeness (QED) is 0.803. The van der Waals surface area contributed by atoms with E-state index < -0.39 is 6.10 Å². The Morgan fingerprint density at radius 2 is 1.88 bits per heavy atom. The third-order valence-corrected chi connectivity index (χ3v) is 2.90. The van der Waals surface area contributed by atoms with Gasteiger partial charge in [-0.1, -0.05) is 45.0 Å². The maximum absolute atomic E-state index is 10.2. The van der Waals surface area contributed by atoms with Crippen LogP contribution in [0.15, 0.2) is 24.3 Å². The first-order valence-corrected chi connectivity index (χ1v) is 6.07. The predicted octanol–water partition coefficient (Wildman–Crippen LogP) is 2.66. The predicted molar refractivity (Wildman–Crippen MR) is 68.2 cm³/mol. The van der Waals surface area contributed by atoms with E-state index >= 15 is 0 Å². The van der Waals surface area contributed by atoms with Crippen molar-refractivity contribution in [2.24, 2.45) is 11.7 Å². The molecule has 0 heterocycles. The van der Waals surface area contributed by atoms with Crippen LogP contribution in [-0.2, 0) is 6.42 Å². The molecule has 0 aliphatic rings. The number of nitrogens with two attached hydrogens (primary N) is 1. The smallest absolute Gasteiger partial charge is 0.0943 e. The summed E-state index contributed by atoms with van der Waals surface area (Å²) in [5.41, 5.74) is 8.20. The standard InChI is InChI=1S/C14H23NO/c1-4-11-7-5-6-8-12(11)14(16)13(15)9-10(2)3/h5-8,10,13-14,16H,4,9,15H2,1-3H3. The van der Waals surface area contributed by atoms with Gasteiger partial charge in [-0.15, -0.1) is 0 Å². The molecule has 1 aromatic carbocycles. The summed E-state index contributed by atoms with van der Waals surface area (Å²) >= 11 is 0. The van der Waals surface area contributed by atoms with Gasteiger partial charge >= 0.3 is 0 Å². The summed E-state index contributed by atoms with van der Waals surface area (Å²) in [6, 6.07) is 7.82. The van der Waals surface area contributed by atoms with Crippen molar-refractivity contribution in [3.8, 4) is 0 Å². The van der Waals surface area contributed by atoms with Crippen LogP contribution in [0.4, 0.5) is 0 Å². The van der Waals surface area contributed by atoms with Gasteiger partial charge in [0.25, 0.3) is 0 Å². The minimum Gasteiger partial charge on any atom is -0.387 e. The van der Waals surface area contributed by atoms with Crippen molar-refractivity contribution in [1.29, 1.82) is 0 Å². The van der Waals surface area contributed by atoms with Crippen LogP contribution >= 0.6 is 0 Å². The molecule has 1 rings (SSSR count). The van der Waals surface area contributed by atoms with Crippen LogP contribution in [0.25, 0.3) is 0 Å². The van der Waals surface area contributed by atoms with Crippen molar-refractivity contribution >= 4 is 0 Å². The molecule has 16 heavy (non-hydrogen) atoms. The summed E-state index contributed by atoms with van der Waals surface area (Å²) in [5.74, 6) is 0.512. The molecule has 0 saturated heterocycles. The summed E-state index contributed by atoms with van der Waals surface area (Å²) in [6.07, 6.45) is 1.24. The summed E-state index contributed by atoms with van der Waals surface area (Å²) in [7, 11) is 0. The SMILES string of the molecule is CCc1ccccc1C(O)C(N)CC(C)C. The zero-order valence-corrected chi connectivity index (χ0v) is 10.5. The van der Waals surface area contributed by atoms with Gasteiger partial charge in [0.2, 0.25) is 0 Å². The van der Waals surface area contributed by atoms with Gasteiger partial charge in [0.1, 0.15) is 0 Å². The number of aliphatic hydroxyl groups is 1. The summed E-state index contributed by atoms with van der Waals surface area (Å²) in [5, 5.41) is 10.2. The Morgan fingerprint density at radius 1 is 1.25 bits per heavy atom. The van der Waals surface area contributed by atoms with Gasteiger partial charge in [-0.05, 0) is 29.9 Å². The average Bonchev–Trinajstić information content (AvgIpc) is 2.27. The number of benzene rings is 1. The van der Waals surface area contributed by atoms with E-state index in [2.05, 4.69) is 26.8 Å². The van der Waals surface area contributed by atoms with Crippen molar-refractivity contribution < 1.29 is 5.11 Å². The molecule has 0 amide bonds. The van der Waals surface area contributed by atoms with Gasteiger partial charge in [0.15, 0.2) is 0 Å². The van der Waals surface area contributed by atoms with Gasteiger partial charge in [-0.3, -0.25) is 0 Å². The van der Waals surface area contributed by atoms with Gasteiger partial charge in [-0.2, -0.15) is 0 Å². The van der Waals surface area contributed by atoms with Crippen LogP contribution in [0.2, 0.25) is 0 Å². The number of aryl methyl sites for hydroxylation is 1. The van der Waals surface area contributed by atoms with Gasteiger partial charge in [0.05, 0.1) is 6.10 Å². The van der Waals surface area contributed by atoms with E-state index in [0.29, 0.717) is 5.92 Å². The van der Waals surface area contributed by atoms with E-state index in [9.17, 15) is 5.11 Å². The molecule has 0 aliphatic heterocycles. The maximum atomic E-state index is 10.2. The van der Waals surface area contributed by atoms with Gasteiger partial charge in [0, 0.05) is 6.04 Å². The van der Waals surface area contributed by atoms with Crippen molar-refractivity contribution in [3.05, 3.63) is 35.4 Å². The Kier molecular flexibility index (Phi) is 4.97. The highest BCUT2D eigenvalue weighted by Gasteiger charge is 2.19. The lowest BCUT2D eigenvalue weighted by atomic mass is 9.92. The molecule has 90 valence electrons. The molecule has 2 nitrogen and oxygen atoms in total. The fourth-order valence-electron chi connectivity index (χ4n) is 2.05. The van der Waals surface area contributed by atoms with Crippen LogP contribution in [0, 0.1) is 5.92 Å². The van der Waals surface area contributed by atoms with Crippen molar-refractivity contribution in [2.45, 2.75) is 45.8 Å². The molecule has 0 saturated carbocycles. The lowest BCUT2D eigenvalue weighted by Crippen LogP contribution is -2.30. The summed E-state index contributed by atoms with van der Waals surface area (Å²) in [6.45, 7) is 6.34. The molecule has 2 unspecified atom stereocenters. The fraction of sp³-hybridized carbons (Fsp3) is 0.571. The zero-order chi connectivity index (χ0) is 12.1. The molecule has 0 spiro atoms. The lowest BCUT2D eigenvalue weighted by Gasteiger charge is -2.22. The Balaban J connectivity index is 2.82. The number of rotatable bonds is 5. The number of aliphatic hydroxyl groups excluding tert-OH is 1. The normalized spacial score (nSPS) is 15.1. The molecule has 0 bridgehead atoms. The third-order valence-electron chi connectivity index (χ3n) is 2.90. The average molecular weight is 221 g/mol. The van der Waals surface area contributed by atoms with Gasteiger partial charge in [-0.25, -0.2) is 0 Å². The zero-order valence-electron chi connectivity index (χ0n) is 10.5. The second-order valence-corrected chi connectivity index (χ2v) is 4.79. The molecule has 1 aromatic rings. The van der Waals surface area contributed by atoms with Crippen molar-refractivity contribution in [2.75, 3.05) is 0 Å². The van der Waals surface area contributed by atoms with Crippen LogP contribution in [0.5, 0.6) is 0 Å². The Hall–Kier alpha value is -0.860. The van der Waals surface area contributed by atoms with E-state index in [1.165, 1.54) is 5.56 Å². The van der Waals surface area contributed by atoms with Crippen LogP contribution in [0.3, 0.4) is 0 Å². The molecular formula is C14H23NO. The highest BCUT2D eigenvalue weighted by molar-refractivity contribution is 5.29. The summed E-state index contributed by atoms with van der Waals surface area (Å²) in [4.78, 5) is 0. The maximum Gasteiger partial charge on any atom is 0.0943 e. The molecule has 2 heteroatoms. The molecule has 0 aromatic heterocycles. The van der Waals surface area contributed by atoms with Crippen LogP contribution < -0.4 is 5.73 Å². The Labute approximate surface area is 98.5 Å². The van der Waals surface area contributed by atoms with Crippen molar-refractivity contribution in [3.63, 3.8) is 0 Å². The molecule has 3 N–H and O–H groups in total. The molecule has 2 atom stereocenters. The minimum atomic E-state index is -0.543. The van der Waals surface area contributed by atoms with E-state index in [4.69, 9.17) is 5.73 Å². The lowest BCUT2D eigenvalue weighted by molar-refractivity contribution is 0.135. The highest BCUT2D eigenvalue weighted by Crippen LogP contribution is 2.23. The first kappa shape index (κ1) is 13.2. The Morgan fingerprint density at radius 3 is 2.44 bits per heavy atom. The third kappa shape index (κ3) is 3.32. The number of hydrogen-bond donors (Lipinski definition) is 2. The van der Waals surface area contributed by atoms with E-state index in [1.54, 1.807) is 0 Å². The van der Waals surface area contributed by atoms with Crippen LogP contribution in [-0.4, -0.2) is 11.1 Å². The van der Waals surface area contributed by atoms with Crippen LogP contribution in [0.1, 0.15) is 44.4 Å². The molecule has 0 aliphatic carbocycles. The van der Waals surface area contributed by atoms with Crippen molar-refractivity contribution in [1.82, 2.24) is 0 Å². The molecule has 0 fully saturated rings. The fourth-order valence-corrected chi connectivity index (χ4v) is 2.05. The first-order valence-electron chi connectivity index (χ1n) is 6.07. The summed E-state index contributed by atoms with van der Waals surface area (Å²) < 4.78 is 0. The monoisotopic (exact) mass is 221 g/mol. The second-order valence-electron chi connectivity index (χ2n) is 4.79. The van der Waals surface area contributed by atoms with E-state index in [-0.39, 0.29) is 6.04 Å². The topological polar surface area (TPSA) is 46.2 Å². The van der Waals surface area contributed by atoms with E-state index in [0.717, 1.165) is 18.4 Å².